The van der Waals surface area contributed by atoms with Crippen LogP contribution in [0.25, 0.3) is 0 Å². The van der Waals surface area contributed by atoms with E-state index in [1.807, 2.05) is 25.6 Å². The van der Waals surface area contributed by atoms with Gasteiger partial charge >= 0.3 is 0 Å². The van der Waals surface area contributed by atoms with Gasteiger partial charge in [-0.25, -0.2) is 13.4 Å². The van der Waals surface area contributed by atoms with Gasteiger partial charge in [-0.1, -0.05) is 6.92 Å². The minimum absolute atomic E-state index is 0.317. The lowest BCUT2D eigenvalue weighted by Gasteiger charge is -2.31. The molecule has 0 radical (unpaired) electrons. The number of hydrogen-bond acceptors (Lipinski definition) is 5. The second-order valence-corrected chi connectivity index (χ2v) is 7.10. The highest BCUT2D eigenvalue weighted by Crippen LogP contribution is 2.14. The first-order chi connectivity index (χ1) is 9.92. The SMILES string of the molecule is CCNCc1cc(S(=O)(=O)NN2CCN(C)CC2)cn1C. The molecule has 8 heteroatoms. The Morgan fingerprint density at radius 2 is 1.86 bits per heavy atom. The van der Waals surface area contributed by atoms with Gasteiger partial charge in [0.2, 0.25) is 0 Å². The van der Waals surface area contributed by atoms with E-state index in [0.717, 1.165) is 25.3 Å². The van der Waals surface area contributed by atoms with Gasteiger partial charge in [0.1, 0.15) is 4.90 Å². The van der Waals surface area contributed by atoms with Gasteiger partial charge in [0.05, 0.1) is 0 Å². The van der Waals surface area contributed by atoms with Gasteiger partial charge in [-0.05, 0) is 19.7 Å². The van der Waals surface area contributed by atoms with E-state index in [0.29, 0.717) is 24.5 Å². The van der Waals surface area contributed by atoms with E-state index in [-0.39, 0.29) is 0 Å². The summed E-state index contributed by atoms with van der Waals surface area (Å²) in [4.78, 5) is 5.17. The molecule has 2 N–H and O–H groups in total. The lowest BCUT2D eigenvalue weighted by atomic mass is 10.4. The van der Waals surface area contributed by atoms with Gasteiger partial charge in [0, 0.05) is 51.7 Å². The molecule has 2 rings (SSSR count). The fourth-order valence-corrected chi connectivity index (χ4v) is 3.49. The number of nitrogens with one attached hydrogen (secondary N) is 2. The molecular formula is C13H25N5O2S. The summed E-state index contributed by atoms with van der Waals surface area (Å²) in [5.41, 5.74) is 0.954. The molecule has 1 fully saturated rings. The van der Waals surface area contributed by atoms with Gasteiger partial charge in [0.25, 0.3) is 10.0 Å². The van der Waals surface area contributed by atoms with Gasteiger partial charge in [-0.3, -0.25) is 0 Å². The minimum Gasteiger partial charge on any atom is -0.352 e. The number of hydrogen-bond donors (Lipinski definition) is 2. The number of piperazine rings is 1. The number of aromatic nitrogens is 1. The van der Waals surface area contributed by atoms with E-state index in [1.54, 1.807) is 17.3 Å². The van der Waals surface area contributed by atoms with Gasteiger partial charge in [-0.15, -0.1) is 4.83 Å². The van der Waals surface area contributed by atoms with E-state index < -0.39 is 10.0 Å². The van der Waals surface area contributed by atoms with Crippen molar-refractivity contribution in [3.63, 3.8) is 0 Å². The molecule has 0 saturated carbocycles. The first-order valence-corrected chi connectivity index (χ1v) is 8.72. The van der Waals surface area contributed by atoms with E-state index >= 15 is 0 Å². The van der Waals surface area contributed by atoms with E-state index in [4.69, 9.17) is 0 Å². The fraction of sp³-hybridized carbons (Fsp3) is 0.692. The molecule has 120 valence electrons. The van der Waals surface area contributed by atoms with Crippen molar-refractivity contribution in [1.82, 2.24) is 24.6 Å². The molecule has 0 aromatic carbocycles. The van der Waals surface area contributed by atoms with Crippen LogP contribution < -0.4 is 10.1 Å². The Labute approximate surface area is 126 Å². The fourth-order valence-electron chi connectivity index (χ4n) is 2.27. The third-order valence-corrected chi connectivity index (χ3v) is 5.04. The Hall–Kier alpha value is -0.930. The molecule has 1 saturated heterocycles. The Morgan fingerprint density at radius 1 is 1.19 bits per heavy atom. The smallest absolute Gasteiger partial charge is 0.254 e. The summed E-state index contributed by atoms with van der Waals surface area (Å²) >= 11 is 0. The summed E-state index contributed by atoms with van der Waals surface area (Å²) in [6, 6.07) is 1.72. The third kappa shape index (κ3) is 4.27. The zero-order valence-electron chi connectivity index (χ0n) is 13.0. The monoisotopic (exact) mass is 315 g/mol. The summed E-state index contributed by atoms with van der Waals surface area (Å²) in [7, 11) is 0.405. The standard InChI is InChI=1S/C13H25N5O2S/c1-4-14-10-12-9-13(11-17(12)3)21(19,20)15-18-7-5-16(2)6-8-18/h9,11,14-15H,4-8,10H2,1-3H3. The summed E-state index contributed by atoms with van der Waals surface area (Å²) in [5.74, 6) is 0. The van der Waals surface area contributed by atoms with Crippen LogP contribution in [-0.2, 0) is 23.6 Å². The van der Waals surface area contributed by atoms with E-state index in [9.17, 15) is 8.42 Å². The van der Waals surface area contributed by atoms with Crippen molar-refractivity contribution < 1.29 is 8.42 Å². The topological polar surface area (TPSA) is 69.6 Å². The molecule has 1 aliphatic rings. The molecule has 2 heterocycles. The molecule has 0 spiro atoms. The molecule has 1 aromatic heterocycles. The Morgan fingerprint density at radius 3 is 2.48 bits per heavy atom. The van der Waals surface area contributed by atoms with Gasteiger partial charge in [-0.2, -0.15) is 0 Å². The summed E-state index contributed by atoms with van der Waals surface area (Å²) < 4.78 is 26.7. The summed E-state index contributed by atoms with van der Waals surface area (Å²) in [5, 5.41) is 4.97. The number of hydrazine groups is 1. The number of sulfonamides is 1. The lowest BCUT2D eigenvalue weighted by molar-refractivity contribution is 0.135. The maximum absolute atomic E-state index is 12.4. The van der Waals surface area contributed by atoms with Crippen LogP contribution in [-0.4, -0.2) is 62.7 Å². The quantitative estimate of drug-likeness (QED) is 0.746. The predicted molar refractivity (Wildman–Crippen MR) is 82.2 cm³/mol. The van der Waals surface area contributed by atoms with Crippen LogP contribution in [0.1, 0.15) is 12.6 Å². The third-order valence-electron chi connectivity index (χ3n) is 3.70. The van der Waals surface area contributed by atoms with Gasteiger partial charge < -0.3 is 14.8 Å². The summed E-state index contributed by atoms with van der Waals surface area (Å²) in [6.07, 6.45) is 1.66. The van der Waals surface area contributed by atoms with Crippen LogP contribution in [0.3, 0.4) is 0 Å². The Balaban J connectivity index is 2.05. The molecule has 0 atom stereocenters. The predicted octanol–water partition coefficient (Wildman–Crippen LogP) is -0.425. The molecule has 0 bridgehead atoms. The van der Waals surface area contributed by atoms with Crippen molar-refractivity contribution in [3.05, 3.63) is 18.0 Å². The largest absolute Gasteiger partial charge is 0.352 e. The number of aryl methyl sites for hydroxylation is 1. The van der Waals surface area contributed by atoms with Crippen molar-refractivity contribution in [2.45, 2.75) is 18.4 Å². The highest BCUT2D eigenvalue weighted by Gasteiger charge is 2.22. The van der Waals surface area contributed by atoms with Crippen LogP contribution in [0, 0.1) is 0 Å². The number of likely N-dealkylation sites (N-methyl/N-ethyl adjacent to an activating group) is 1. The van der Waals surface area contributed by atoms with Crippen molar-refractivity contribution in [2.24, 2.45) is 7.05 Å². The second kappa shape index (κ2) is 6.89. The Bertz CT molecular complexity index is 561. The van der Waals surface area contributed by atoms with Crippen molar-refractivity contribution in [1.29, 1.82) is 0 Å². The minimum atomic E-state index is -3.50. The van der Waals surface area contributed by atoms with Crippen LogP contribution in [0.2, 0.25) is 0 Å². The normalized spacial score (nSPS) is 18.2. The van der Waals surface area contributed by atoms with Crippen LogP contribution >= 0.6 is 0 Å². The molecule has 1 aliphatic heterocycles. The maximum atomic E-state index is 12.4. The number of rotatable bonds is 6. The first kappa shape index (κ1) is 16.4. The average molecular weight is 315 g/mol. The van der Waals surface area contributed by atoms with Gasteiger partial charge in [0.15, 0.2) is 0 Å². The first-order valence-electron chi connectivity index (χ1n) is 7.24. The molecule has 1 aromatic rings. The highest BCUT2D eigenvalue weighted by molar-refractivity contribution is 7.89. The van der Waals surface area contributed by atoms with Crippen molar-refractivity contribution in [3.8, 4) is 0 Å². The van der Waals surface area contributed by atoms with Crippen LogP contribution in [0.15, 0.2) is 17.2 Å². The van der Waals surface area contributed by atoms with Crippen LogP contribution in [0.5, 0.6) is 0 Å². The zero-order chi connectivity index (χ0) is 15.5. The molecule has 0 amide bonds. The van der Waals surface area contributed by atoms with Crippen molar-refractivity contribution >= 4 is 10.0 Å². The van der Waals surface area contributed by atoms with E-state index in [2.05, 4.69) is 15.0 Å². The van der Waals surface area contributed by atoms with E-state index in [1.165, 1.54) is 0 Å². The number of nitrogens with zero attached hydrogens (tertiary/aromatic N) is 3. The Kier molecular flexibility index (Phi) is 5.39. The molecule has 0 aliphatic carbocycles. The lowest BCUT2D eigenvalue weighted by Crippen LogP contribution is -2.52. The highest BCUT2D eigenvalue weighted by atomic mass is 32.2. The zero-order valence-corrected chi connectivity index (χ0v) is 13.8. The van der Waals surface area contributed by atoms with Crippen LogP contribution in [0.4, 0.5) is 0 Å². The average Bonchev–Trinajstić information content (AvgIpc) is 2.81. The molecule has 0 unspecified atom stereocenters. The molecular weight excluding hydrogens is 290 g/mol. The second-order valence-electron chi connectivity index (χ2n) is 5.44. The summed E-state index contributed by atoms with van der Waals surface area (Å²) in [6.45, 7) is 6.67. The molecule has 7 nitrogen and oxygen atoms in total. The maximum Gasteiger partial charge on any atom is 0.254 e. The van der Waals surface area contributed by atoms with Crippen molar-refractivity contribution in [2.75, 3.05) is 39.8 Å². The molecule has 21 heavy (non-hydrogen) atoms.